The van der Waals surface area contributed by atoms with Gasteiger partial charge in [0.15, 0.2) is 5.58 Å². The van der Waals surface area contributed by atoms with Crippen LogP contribution in [0.1, 0.15) is 23.3 Å². The summed E-state index contributed by atoms with van der Waals surface area (Å²) in [5.41, 5.74) is 3.39. The van der Waals surface area contributed by atoms with Crippen LogP contribution in [-0.4, -0.2) is 15.0 Å². The van der Waals surface area contributed by atoms with Gasteiger partial charge in [-0.1, -0.05) is 23.2 Å². The quantitative estimate of drug-likeness (QED) is 0.724. The number of aromatic amines is 1. The Morgan fingerprint density at radius 3 is 3.10 bits per heavy atom. The molecule has 3 aromatic rings. The normalized spacial score (nSPS) is 18.4. The maximum Gasteiger partial charge on any atom is 0.213 e. The molecule has 7 heteroatoms. The van der Waals surface area contributed by atoms with E-state index in [1.807, 2.05) is 0 Å². The number of nitrogens with zero attached hydrogens (tertiary/aromatic N) is 2. The molecule has 0 spiro atoms. The fourth-order valence-corrected chi connectivity index (χ4v) is 2.99. The van der Waals surface area contributed by atoms with E-state index in [0.717, 1.165) is 17.8 Å². The van der Waals surface area contributed by atoms with Gasteiger partial charge in [0.2, 0.25) is 5.89 Å². The predicted octanol–water partition coefficient (Wildman–Crippen LogP) is 3.24. The highest BCUT2D eigenvalue weighted by atomic mass is 35.5. The second-order valence-electron chi connectivity index (χ2n) is 4.75. The lowest BCUT2D eigenvalue weighted by atomic mass is 10.1. The zero-order valence-corrected chi connectivity index (χ0v) is 11.8. The molecule has 0 bridgehead atoms. The number of benzene rings is 1. The number of aromatic nitrogens is 3. The molecule has 2 N–H and O–H groups in total. The van der Waals surface area contributed by atoms with Crippen molar-refractivity contribution in [2.24, 2.45) is 0 Å². The van der Waals surface area contributed by atoms with Crippen LogP contribution >= 0.6 is 23.2 Å². The number of nitrogens with one attached hydrogen (secondary N) is 2. The van der Waals surface area contributed by atoms with Crippen LogP contribution in [0.15, 0.2) is 22.9 Å². The lowest BCUT2D eigenvalue weighted by molar-refractivity contribution is 0.391. The molecule has 0 fully saturated rings. The Balaban J connectivity index is 1.75. The van der Waals surface area contributed by atoms with Crippen LogP contribution in [0.4, 0.5) is 0 Å². The predicted molar refractivity (Wildman–Crippen MR) is 75.9 cm³/mol. The summed E-state index contributed by atoms with van der Waals surface area (Å²) in [7, 11) is 0. The van der Waals surface area contributed by atoms with Crippen molar-refractivity contribution in [1.82, 2.24) is 20.3 Å². The van der Waals surface area contributed by atoms with Crippen LogP contribution in [0.25, 0.3) is 11.1 Å². The topological polar surface area (TPSA) is 66.7 Å². The Labute approximate surface area is 124 Å². The molecule has 1 aliphatic heterocycles. The molecule has 3 heterocycles. The van der Waals surface area contributed by atoms with Crippen molar-refractivity contribution in [3.63, 3.8) is 0 Å². The van der Waals surface area contributed by atoms with E-state index >= 15 is 0 Å². The molecule has 0 saturated heterocycles. The molecular weight excluding hydrogens is 299 g/mol. The van der Waals surface area contributed by atoms with Gasteiger partial charge in [-0.05, 0) is 12.1 Å². The second kappa shape index (κ2) is 4.48. The van der Waals surface area contributed by atoms with E-state index in [0.29, 0.717) is 33.6 Å². The molecule has 1 aromatic carbocycles. The average molecular weight is 309 g/mol. The van der Waals surface area contributed by atoms with Crippen molar-refractivity contribution in [1.29, 1.82) is 0 Å². The van der Waals surface area contributed by atoms with Crippen molar-refractivity contribution in [3.05, 3.63) is 45.8 Å². The fourth-order valence-electron chi connectivity index (χ4n) is 2.47. The van der Waals surface area contributed by atoms with E-state index in [1.165, 1.54) is 0 Å². The maximum absolute atomic E-state index is 6.12. The third-order valence-electron chi connectivity index (χ3n) is 3.45. The molecule has 0 radical (unpaired) electrons. The fraction of sp³-hybridized carbons (Fsp3) is 0.231. The molecule has 20 heavy (non-hydrogen) atoms. The monoisotopic (exact) mass is 308 g/mol. The zero-order chi connectivity index (χ0) is 13.7. The maximum atomic E-state index is 6.12. The van der Waals surface area contributed by atoms with Gasteiger partial charge in [-0.15, -0.1) is 0 Å². The van der Waals surface area contributed by atoms with Crippen molar-refractivity contribution < 1.29 is 4.42 Å². The minimum Gasteiger partial charge on any atom is -0.437 e. The molecular formula is C13H10Cl2N4O. The third kappa shape index (κ3) is 1.90. The number of rotatable bonds is 1. The van der Waals surface area contributed by atoms with Crippen molar-refractivity contribution in [2.75, 3.05) is 0 Å². The van der Waals surface area contributed by atoms with Crippen molar-refractivity contribution in [2.45, 2.75) is 19.0 Å². The lowest BCUT2D eigenvalue weighted by Crippen LogP contribution is -2.28. The van der Waals surface area contributed by atoms with Crippen molar-refractivity contribution >= 4 is 34.3 Å². The Morgan fingerprint density at radius 1 is 1.30 bits per heavy atom. The Bertz CT molecular complexity index is 795. The molecule has 4 rings (SSSR count). The van der Waals surface area contributed by atoms with E-state index in [2.05, 4.69) is 20.3 Å². The molecule has 102 valence electrons. The minimum absolute atomic E-state index is 0.00644. The molecule has 2 aromatic heterocycles. The van der Waals surface area contributed by atoms with E-state index in [4.69, 9.17) is 27.6 Å². The van der Waals surface area contributed by atoms with E-state index in [-0.39, 0.29) is 6.04 Å². The summed E-state index contributed by atoms with van der Waals surface area (Å²) < 4.78 is 5.78. The zero-order valence-electron chi connectivity index (χ0n) is 10.3. The number of hydrogen-bond acceptors (Lipinski definition) is 4. The number of imidazole rings is 1. The van der Waals surface area contributed by atoms with Crippen LogP contribution in [0.3, 0.4) is 0 Å². The first kappa shape index (κ1) is 12.2. The first-order valence-corrected chi connectivity index (χ1v) is 6.96. The van der Waals surface area contributed by atoms with E-state index < -0.39 is 0 Å². The first-order valence-electron chi connectivity index (χ1n) is 6.20. The third-order valence-corrected chi connectivity index (χ3v) is 3.95. The summed E-state index contributed by atoms with van der Waals surface area (Å²) >= 11 is 12.1. The Hall–Kier alpha value is -1.56. The summed E-state index contributed by atoms with van der Waals surface area (Å²) in [5.74, 6) is 0.609. The Kier molecular flexibility index (Phi) is 2.73. The molecule has 1 atom stereocenters. The largest absolute Gasteiger partial charge is 0.437 e. The summed E-state index contributed by atoms with van der Waals surface area (Å²) in [6, 6.07) is 3.40. The number of oxazole rings is 1. The highest BCUT2D eigenvalue weighted by Crippen LogP contribution is 2.32. The smallest absolute Gasteiger partial charge is 0.213 e. The van der Waals surface area contributed by atoms with Gasteiger partial charge in [-0.2, -0.15) is 0 Å². The number of H-pyrrole nitrogens is 1. The highest BCUT2D eigenvalue weighted by molar-refractivity contribution is 6.37. The van der Waals surface area contributed by atoms with Gasteiger partial charge < -0.3 is 9.40 Å². The highest BCUT2D eigenvalue weighted by Gasteiger charge is 2.25. The van der Waals surface area contributed by atoms with Gasteiger partial charge >= 0.3 is 0 Å². The summed E-state index contributed by atoms with van der Waals surface area (Å²) in [5, 5.41) is 4.39. The van der Waals surface area contributed by atoms with Gasteiger partial charge in [0, 0.05) is 18.0 Å². The van der Waals surface area contributed by atoms with E-state index in [9.17, 15) is 0 Å². The molecule has 5 nitrogen and oxygen atoms in total. The summed E-state index contributed by atoms with van der Waals surface area (Å²) in [6.07, 6.45) is 2.44. The molecule has 0 amide bonds. The Morgan fingerprint density at radius 2 is 2.20 bits per heavy atom. The lowest BCUT2D eigenvalue weighted by Gasteiger charge is -2.19. The molecule has 1 unspecified atom stereocenters. The molecule has 0 saturated carbocycles. The van der Waals surface area contributed by atoms with Crippen LogP contribution < -0.4 is 5.32 Å². The van der Waals surface area contributed by atoms with Gasteiger partial charge in [0.25, 0.3) is 0 Å². The molecule has 1 aliphatic rings. The number of halogens is 2. The van der Waals surface area contributed by atoms with Crippen LogP contribution in [-0.2, 0) is 13.0 Å². The minimum atomic E-state index is -0.00644. The van der Waals surface area contributed by atoms with Gasteiger partial charge in [0.1, 0.15) is 5.52 Å². The van der Waals surface area contributed by atoms with Gasteiger partial charge in [0.05, 0.1) is 28.8 Å². The summed E-state index contributed by atoms with van der Waals surface area (Å²) in [6.45, 7) is 0.715. The standard InChI is InChI=1S/C13H10Cl2N4O/c14-6-1-7(15)12-9(2-6)19-13(20-12)10-3-8-11(4-16-10)18-5-17-8/h1-2,5,10,16H,3-4H2,(H,17,18). The number of fused-ring (bicyclic) bond motifs is 2. The van der Waals surface area contributed by atoms with Crippen LogP contribution in [0.5, 0.6) is 0 Å². The molecule has 0 aliphatic carbocycles. The van der Waals surface area contributed by atoms with Crippen molar-refractivity contribution in [3.8, 4) is 0 Å². The first-order chi connectivity index (χ1) is 9.70. The summed E-state index contributed by atoms with van der Waals surface area (Å²) in [4.78, 5) is 11.9. The van der Waals surface area contributed by atoms with Crippen LogP contribution in [0.2, 0.25) is 10.0 Å². The average Bonchev–Trinajstić information content (AvgIpc) is 3.03. The van der Waals surface area contributed by atoms with E-state index in [1.54, 1.807) is 18.5 Å². The van der Waals surface area contributed by atoms with Crippen LogP contribution in [0, 0.1) is 0 Å². The van der Waals surface area contributed by atoms with Gasteiger partial charge in [-0.25, -0.2) is 9.97 Å². The van der Waals surface area contributed by atoms with Gasteiger partial charge in [-0.3, -0.25) is 5.32 Å². The SMILES string of the molecule is Clc1cc(Cl)c2oc(C3Cc4nc[nH]c4CN3)nc2c1. The second-order valence-corrected chi connectivity index (χ2v) is 5.60. The number of hydrogen-bond donors (Lipinski definition) is 2.